The zero-order chi connectivity index (χ0) is 13.6. The second-order valence-corrected chi connectivity index (χ2v) is 6.53. The Kier molecular flexibility index (Phi) is 2.86. The normalized spacial score (nSPS) is 17.8. The van der Waals surface area contributed by atoms with Crippen molar-refractivity contribution in [2.75, 3.05) is 0 Å². The van der Waals surface area contributed by atoms with Gasteiger partial charge in [0.15, 0.2) is 0 Å². The molecule has 3 rings (SSSR count). The summed E-state index contributed by atoms with van der Waals surface area (Å²) in [5, 5.41) is 0.541. The molecule has 0 spiro atoms. The number of aromatic nitrogens is 2. The molecule has 0 saturated carbocycles. The fraction of sp³-hybridized carbons (Fsp3) is 0.375. The maximum absolute atomic E-state index is 6.16. The second-order valence-electron chi connectivity index (χ2n) is 6.14. The first kappa shape index (κ1) is 12.6. The molecular formula is C16H17ClN2. The molecule has 1 heterocycles. The van der Waals surface area contributed by atoms with Crippen molar-refractivity contribution in [2.45, 2.75) is 38.5 Å². The Morgan fingerprint density at radius 1 is 1.16 bits per heavy atom. The summed E-state index contributed by atoms with van der Waals surface area (Å²) in [6, 6.07) is 10.3. The van der Waals surface area contributed by atoms with Crippen LogP contribution in [0.5, 0.6) is 0 Å². The molecule has 0 bridgehead atoms. The minimum atomic E-state index is -0.00933. The molecule has 19 heavy (non-hydrogen) atoms. The molecule has 1 aromatic heterocycles. The van der Waals surface area contributed by atoms with E-state index in [2.05, 4.69) is 50.0 Å². The second kappa shape index (κ2) is 4.31. The molecule has 0 saturated heterocycles. The topological polar surface area (TPSA) is 25.8 Å². The van der Waals surface area contributed by atoms with Crippen molar-refractivity contribution in [3.63, 3.8) is 0 Å². The van der Waals surface area contributed by atoms with E-state index in [-0.39, 0.29) is 5.41 Å². The average molecular weight is 273 g/mol. The van der Waals surface area contributed by atoms with E-state index in [4.69, 9.17) is 16.6 Å². The van der Waals surface area contributed by atoms with Crippen LogP contribution in [0.1, 0.15) is 49.3 Å². The third-order valence-corrected chi connectivity index (χ3v) is 3.84. The smallest absolute Gasteiger partial charge is 0.138 e. The van der Waals surface area contributed by atoms with E-state index in [9.17, 15) is 0 Å². The molecular weight excluding hydrogens is 256 g/mol. The molecule has 3 heteroatoms. The van der Waals surface area contributed by atoms with E-state index in [1.54, 1.807) is 0 Å². The fourth-order valence-electron chi connectivity index (χ4n) is 2.46. The highest BCUT2D eigenvalue weighted by Gasteiger charge is 2.30. The van der Waals surface area contributed by atoms with Crippen LogP contribution in [0, 0.1) is 0 Å². The van der Waals surface area contributed by atoms with Gasteiger partial charge in [-0.1, -0.05) is 56.6 Å². The zero-order valence-corrected chi connectivity index (χ0v) is 12.2. The van der Waals surface area contributed by atoms with Crippen LogP contribution in [-0.4, -0.2) is 9.97 Å². The van der Waals surface area contributed by atoms with Crippen molar-refractivity contribution >= 4 is 11.6 Å². The maximum Gasteiger partial charge on any atom is 0.138 e. The Hall–Kier alpha value is -1.41. The SMILES string of the molecule is CC(C)(C)c1cc(Cl)nc(C2Cc3ccccc32)n1. The van der Waals surface area contributed by atoms with Gasteiger partial charge in [0.1, 0.15) is 11.0 Å². The molecule has 0 fully saturated rings. The molecule has 1 aromatic carbocycles. The van der Waals surface area contributed by atoms with E-state index >= 15 is 0 Å². The summed E-state index contributed by atoms with van der Waals surface area (Å²) in [6.45, 7) is 6.43. The molecule has 1 aliphatic carbocycles. The molecule has 0 radical (unpaired) electrons. The van der Waals surface area contributed by atoms with E-state index in [0.717, 1.165) is 17.9 Å². The first-order valence-corrected chi connectivity index (χ1v) is 6.96. The van der Waals surface area contributed by atoms with Gasteiger partial charge < -0.3 is 0 Å². The lowest BCUT2D eigenvalue weighted by Crippen LogP contribution is -2.23. The molecule has 0 amide bonds. The third-order valence-electron chi connectivity index (χ3n) is 3.65. The molecule has 0 aliphatic heterocycles. The summed E-state index contributed by atoms with van der Waals surface area (Å²) in [4.78, 5) is 9.15. The Morgan fingerprint density at radius 3 is 2.58 bits per heavy atom. The number of rotatable bonds is 1. The minimum Gasteiger partial charge on any atom is -0.237 e. The largest absolute Gasteiger partial charge is 0.237 e. The highest BCUT2D eigenvalue weighted by Crippen LogP contribution is 2.39. The summed E-state index contributed by atoms with van der Waals surface area (Å²) < 4.78 is 0. The van der Waals surface area contributed by atoms with Crippen LogP contribution in [0.4, 0.5) is 0 Å². The third kappa shape index (κ3) is 2.25. The number of fused-ring (bicyclic) bond motifs is 1. The number of halogens is 1. The first-order chi connectivity index (χ1) is 8.95. The Labute approximate surface area is 118 Å². The van der Waals surface area contributed by atoms with Crippen molar-refractivity contribution in [2.24, 2.45) is 0 Å². The van der Waals surface area contributed by atoms with Crippen LogP contribution in [0.25, 0.3) is 0 Å². The Balaban J connectivity index is 2.02. The number of nitrogens with zero attached hydrogens (tertiary/aromatic N) is 2. The van der Waals surface area contributed by atoms with Gasteiger partial charge in [0.05, 0.1) is 5.69 Å². The van der Waals surface area contributed by atoms with Crippen LogP contribution in [-0.2, 0) is 11.8 Å². The van der Waals surface area contributed by atoms with Gasteiger partial charge in [-0.25, -0.2) is 9.97 Å². The molecule has 98 valence electrons. The summed E-state index contributed by atoms with van der Waals surface area (Å²) in [7, 11) is 0. The lowest BCUT2D eigenvalue weighted by Gasteiger charge is -2.30. The summed E-state index contributed by atoms with van der Waals surface area (Å²) in [5.41, 5.74) is 3.73. The predicted octanol–water partition coefficient (Wildman–Crippen LogP) is 4.12. The van der Waals surface area contributed by atoms with Gasteiger partial charge in [-0.3, -0.25) is 0 Å². The molecule has 1 unspecified atom stereocenters. The predicted molar refractivity (Wildman–Crippen MR) is 77.7 cm³/mol. The number of benzene rings is 1. The fourth-order valence-corrected chi connectivity index (χ4v) is 2.65. The standard InChI is InChI=1S/C16H17ClN2/c1-16(2,3)13-9-14(17)19-15(18-13)12-8-10-6-4-5-7-11(10)12/h4-7,9,12H,8H2,1-3H3. The van der Waals surface area contributed by atoms with E-state index in [0.29, 0.717) is 11.1 Å². The van der Waals surface area contributed by atoms with E-state index in [1.165, 1.54) is 11.1 Å². The molecule has 0 N–H and O–H groups in total. The molecule has 2 aromatic rings. The molecule has 2 nitrogen and oxygen atoms in total. The van der Waals surface area contributed by atoms with Crippen LogP contribution < -0.4 is 0 Å². The first-order valence-electron chi connectivity index (χ1n) is 6.58. The van der Waals surface area contributed by atoms with Gasteiger partial charge in [-0.05, 0) is 23.6 Å². The van der Waals surface area contributed by atoms with Crippen LogP contribution in [0.2, 0.25) is 5.15 Å². The van der Waals surface area contributed by atoms with Crippen molar-refractivity contribution in [3.05, 3.63) is 58.1 Å². The molecule has 1 aliphatic rings. The van der Waals surface area contributed by atoms with Gasteiger partial charge in [0, 0.05) is 11.3 Å². The monoisotopic (exact) mass is 272 g/mol. The van der Waals surface area contributed by atoms with Gasteiger partial charge >= 0.3 is 0 Å². The Bertz CT molecular complexity index is 629. The van der Waals surface area contributed by atoms with Crippen molar-refractivity contribution in [1.29, 1.82) is 0 Å². The average Bonchev–Trinajstić information content (AvgIpc) is 2.29. The highest BCUT2D eigenvalue weighted by atomic mass is 35.5. The van der Waals surface area contributed by atoms with Crippen molar-refractivity contribution < 1.29 is 0 Å². The summed E-state index contributed by atoms with van der Waals surface area (Å²) >= 11 is 6.16. The summed E-state index contributed by atoms with van der Waals surface area (Å²) in [5.74, 6) is 1.16. The zero-order valence-electron chi connectivity index (χ0n) is 11.4. The minimum absolute atomic E-state index is 0.00933. The lowest BCUT2D eigenvalue weighted by atomic mass is 9.77. The number of hydrogen-bond acceptors (Lipinski definition) is 2. The van der Waals surface area contributed by atoms with E-state index < -0.39 is 0 Å². The highest BCUT2D eigenvalue weighted by molar-refractivity contribution is 6.29. The van der Waals surface area contributed by atoms with Gasteiger partial charge in [-0.2, -0.15) is 0 Å². The molecule has 1 atom stereocenters. The van der Waals surface area contributed by atoms with Crippen molar-refractivity contribution in [1.82, 2.24) is 9.97 Å². The maximum atomic E-state index is 6.16. The van der Waals surface area contributed by atoms with Crippen LogP contribution in [0.3, 0.4) is 0 Å². The quantitative estimate of drug-likeness (QED) is 0.730. The number of hydrogen-bond donors (Lipinski definition) is 0. The van der Waals surface area contributed by atoms with Gasteiger partial charge in [-0.15, -0.1) is 0 Å². The van der Waals surface area contributed by atoms with Gasteiger partial charge in [0.25, 0.3) is 0 Å². The van der Waals surface area contributed by atoms with Crippen LogP contribution >= 0.6 is 11.6 Å². The van der Waals surface area contributed by atoms with Crippen LogP contribution in [0.15, 0.2) is 30.3 Å². The van der Waals surface area contributed by atoms with Gasteiger partial charge in [0.2, 0.25) is 0 Å². The Morgan fingerprint density at radius 2 is 1.89 bits per heavy atom. The van der Waals surface area contributed by atoms with E-state index in [1.807, 2.05) is 6.07 Å². The lowest BCUT2D eigenvalue weighted by molar-refractivity contribution is 0.552. The van der Waals surface area contributed by atoms with Crippen molar-refractivity contribution in [3.8, 4) is 0 Å². The summed E-state index contributed by atoms with van der Waals surface area (Å²) in [6.07, 6.45) is 1.01.